The van der Waals surface area contributed by atoms with Crippen LogP contribution in [0, 0.1) is 17.5 Å². The Kier molecular flexibility index (Phi) is 4.96. The summed E-state index contributed by atoms with van der Waals surface area (Å²) in [5, 5.41) is 0. The van der Waals surface area contributed by atoms with Gasteiger partial charge < -0.3 is 4.74 Å². The minimum Gasteiger partial charge on any atom is -0.494 e. The standard InChI is InChI=1S/C15H14F3NO3S/c1-9(10-3-6-14(22-2)13(18)7-10)19-23(20,21)15-8-11(16)4-5-12(15)17/h3-9,19H,1-2H3. The van der Waals surface area contributed by atoms with Crippen LogP contribution in [-0.4, -0.2) is 15.5 Å². The van der Waals surface area contributed by atoms with Crippen LogP contribution in [0.2, 0.25) is 0 Å². The Morgan fingerprint density at radius 1 is 1.04 bits per heavy atom. The van der Waals surface area contributed by atoms with Crippen LogP contribution in [0.4, 0.5) is 13.2 Å². The van der Waals surface area contributed by atoms with Gasteiger partial charge in [-0.15, -0.1) is 0 Å². The van der Waals surface area contributed by atoms with E-state index in [9.17, 15) is 21.6 Å². The van der Waals surface area contributed by atoms with E-state index in [1.807, 2.05) is 0 Å². The van der Waals surface area contributed by atoms with E-state index in [1.54, 1.807) is 0 Å². The fraction of sp³-hybridized carbons (Fsp3) is 0.200. The lowest BCUT2D eigenvalue weighted by molar-refractivity contribution is 0.386. The highest BCUT2D eigenvalue weighted by molar-refractivity contribution is 7.89. The van der Waals surface area contributed by atoms with Gasteiger partial charge >= 0.3 is 0 Å². The first kappa shape index (κ1) is 17.3. The van der Waals surface area contributed by atoms with E-state index >= 15 is 0 Å². The summed E-state index contributed by atoms with van der Waals surface area (Å²) in [7, 11) is -3.01. The Hall–Kier alpha value is -2.06. The first-order chi connectivity index (χ1) is 10.7. The van der Waals surface area contributed by atoms with E-state index in [0.29, 0.717) is 11.6 Å². The largest absolute Gasteiger partial charge is 0.494 e. The third-order valence-electron chi connectivity index (χ3n) is 3.19. The van der Waals surface area contributed by atoms with Crippen LogP contribution in [0.5, 0.6) is 5.75 Å². The number of ether oxygens (including phenoxy) is 1. The molecule has 0 aliphatic rings. The highest BCUT2D eigenvalue weighted by atomic mass is 32.2. The minimum absolute atomic E-state index is 0.0139. The molecule has 0 spiro atoms. The molecule has 0 bridgehead atoms. The molecule has 0 aliphatic heterocycles. The summed E-state index contributed by atoms with van der Waals surface area (Å²) < 4.78 is 71.7. The van der Waals surface area contributed by atoms with Gasteiger partial charge in [-0.3, -0.25) is 0 Å². The summed E-state index contributed by atoms with van der Waals surface area (Å²) in [5.74, 6) is -2.60. The van der Waals surface area contributed by atoms with Gasteiger partial charge in [-0.1, -0.05) is 6.07 Å². The smallest absolute Gasteiger partial charge is 0.244 e. The maximum atomic E-state index is 13.7. The molecule has 124 valence electrons. The quantitative estimate of drug-likeness (QED) is 0.906. The Balaban J connectivity index is 2.29. The SMILES string of the molecule is COc1ccc(C(C)NS(=O)(=O)c2cc(F)ccc2F)cc1F. The zero-order valence-corrected chi connectivity index (χ0v) is 13.1. The first-order valence-electron chi connectivity index (χ1n) is 6.55. The van der Waals surface area contributed by atoms with Crippen LogP contribution in [-0.2, 0) is 10.0 Å². The predicted octanol–water partition coefficient (Wildman–Crippen LogP) is 3.15. The minimum atomic E-state index is -4.31. The van der Waals surface area contributed by atoms with Crippen LogP contribution in [0.1, 0.15) is 18.5 Å². The Morgan fingerprint density at radius 3 is 2.35 bits per heavy atom. The van der Waals surface area contributed by atoms with Crippen molar-refractivity contribution in [1.29, 1.82) is 0 Å². The molecule has 0 fully saturated rings. The molecular formula is C15H14F3NO3S. The lowest BCUT2D eigenvalue weighted by Gasteiger charge is -2.16. The molecule has 4 nitrogen and oxygen atoms in total. The summed E-state index contributed by atoms with van der Waals surface area (Å²) in [6.07, 6.45) is 0. The average molecular weight is 345 g/mol. The molecule has 8 heteroatoms. The molecule has 2 aromatic rings. The van der Waals surface area contributed by atoms with E-state index in [1.165, 1.54) is 26.2 Å². The van der Waals surface area contributed by atoms with Crippen molar-refractivity contribution in [1.82, 2.24) is 4.72 Å². The van der Waals surface area contributed by atoms with E-state index < -0.39 is 38.4 Å². The number of rotatable bonds is 5. The van der Waals surface area contributed by atoms with Crippen LogP contribution >= 0.6 is 0 Å². The summed E-state index contributed by atoms with van der Waals surface area (Å²) in [6, 6.07) is 5.18. The normalized spacial score (nSPS) is 12.9. The third kappa shape index (κ3) is 3.83. The summed E-state index contributed by atoms with van der Waals surface area (Å²) in [6.45, 7) is 1.45. The molecule has 0 heterocycles. The number of methoxy groups -OCH3 is 1. The molecule has 1 atom stereocenters. The van der Waals surface area contributed by atoms with Crippen LogP contribution in [0.15, 0.2) is 41.3 Å². The lowest BCUT2D eigenvalue weighted by Crippen LogP contribution is -2.27. The number of benzene rings is 2. The molecule has 0 radical (unpaired) electrons. The molecular weight excluding hydrogens is 331 g/mol. The van der Waals surface area contributed by atoms with E-state index in [-0.39, 0.29) is 5.75 Å². The van der Waals surface area contributed by atoms with Crippen molar-refractivity contribution in [3.8, 4) is 5.75 Å². The summed E-state index contributed by atoms with van der Waals surface area (Å²) in [5.41, 5.74) is 0.309. The number of hydrogen-bond donors (Lipinski definition) is 1. The highest BCUT2D eigenvalue weighted by Crippen LogP contribution is 2.24. The zero-order chi connectivity index (χ0) is 17.2. The number of sulfonamides is 1. The zero-order valence-electron chi connectivity index (χ0n) is 12.3. The molecule has 0 saturated carbocycles. The van der Waals surface area contributed by atoms with Crippen molar-refractivity contribution < 1.29 is 26.3 Å². The second-order valence-electron chi connectivity index (χ2n) is 4.81. The molecule has 0 saturated heterocycles. The third-order valence-corrected chi connectivity index (χ3v) is 4.75. The Bertz CT molecular complexity index is 825. The molecule has 0 amide bonds. The Morgan fingerprint density at radius 2 is 1.74 bits per heavy atom. The summed E-state index contributed by atoms with van der Waals surface area (Å²) >= 11 is 0. The summed E-state index contributed by atoms with van der Waals surface area (Å²) in [4.78, 5) is -0.807. The van der Waals surface area contributed by atoms with Gasteiger partial charge in [0, 0.05) is 6.04 Å². The molecule has 0 aromatic heterocycles. The monoisotopic (exact) mass is 345 g/mol. The number of nitrogens with one attached hydrogen (secondary N) is 1. The predicted molar refractivity (Wildman–Crippen MR) is 78.0 cm³/mol. The van der Waals surface area contributed by atoms with Gasteiger partial charge in [0.25, 0.3) is 0 Å². The van der Waals surface area contributed by atoms with E-state index in [0.717, 1.165) is 18.2 Å². The van der Waals surface area contributed by atoms with Gasteiger partial charge in [0.1, 0.15) is 16.5 Å². The Labute approximate surface area is 132 Å². The maximum Gasteiger partial charge on any atom is 0.244 e. The number of hydrogen-bond acceptors (Lipinski definition) is 3. The first-order valence-corrected chi connectivity index (χ1v) is 8.03. The fourth-order valence-corrected chi connectivity index (χ4v) is 3.32. The van der Waals surface area contributed by atoms with Crippen molar-refractivity contribution in [2.24, 2.45) is 0 Å². The second-order valence-corrected chi connectivity index (χ2v) is 6.49. The number of halogens is 3. The van der Waals surface area contributed by atoms with Gasteiger partial charge in [-0.25, -0.2) is 26.3 Å². The van der Waals surface area contributed by atoms with Crippen molar-refractivity contribution >= 4 is 10.0 Å². The molecule has 23 heavy (non-hydrogen) atoms. The van der Waals surface area contributed by atoms with E-state index in [2.05, 4.69) is 4.72 Å². The van der Waals surface area contributed by atoms with Crippen molar-refractivity contribution in [2.45, 2.75) is 17.9 Å². The second kappa shape index (κ2) is 6.59. The van der Waals surface area contributed by atoms with Crippen molar-refractivity contribution in [3.05, 3.63) is 59.4 Å². The molecule has 1 N–H and O–H groups in total. The highest BCUT2D eigenvalue weighted by Gasteiger charge is 2.23. The van der Waals surface area contributed by atoms with Crippen LogP contribution in [0.3, 0.4) is 0 Å². The van der Waals surface area contributed by atoms with Crippen molar-refractivity contribution in [2.75, 3.05) is 7.11 Å². The van der Waals surface area contributed by atoms with Gasteiger partial charge in [0.2, 0.25) is 10.0 Å². The topological polar surface area (TPSA) is 55.4 Å². The van der Waals surface area contributed by atoms with E-state index in [4.69, 9.17) is 4.74 Å². The fourth-order valence-electron chi connectivity index (χ4n) is 2.00. The average Bonchev–Trinajstić information content (AvgIpc) is 2.49. The lowest BCUT2D eigenvalue weighted by atomic mass is 10.1. The van der Waals surface area contributed by atoms with Gasteiger partial charge in [0.15, 0.2) is 11.6 Å². The maximum absolute atomic E-state index is 13.7. The molecule has 2 rings (SSSR count). The van der Waals surface area contributed by atoms with Crippen molar-refractivity contribution in [3.63, 3.8) is 0 Å². The molecule has 0 aliphatic carbocycles. The van der Waals surface area contributed by atoms with Gasteiger partial charge in [0.05, 0.1) is 7.11 Å². The molecule has 2 aromatic carbocycles. The van der Waals surface area contributed by atoms with Crippen LogP contribution in [0.25, 0.3) is 0 Å². The van der Waals surface area contributed by atoms with Gasteiger partial charge in [-0.2, -0.15) is 0 Å². The van der Waals surface area contributed by atoms with Gasteiger partial charge in [-0.05, 0) is 42.8 Å². The van der Waals surface area contributed by atoms with Crippen LogP contribution < -0.4 is 9.46 Å². The molecule has 1 unspecified atom stereocenters.